The van der Waals surface area contributed by atoms with Crippen LogP contribution in [0.4, 0.5) is 0 Å². The summed E-state index contributed by atoms with van der Waals surface area (Å²) in [6.45, 7) is 11.0. The zero-order chi connectivity index (χ0) is 11.3. The van der Waals surface area contributed by atoms with Gasteiger partial charge in [0.05, 0.1) is 12.0 Å². The summed E-state index contributed by atoms with van der Waals surface area (Å²) < 4.78 is 2.20. The largest absolute Gasteiger partial charge is 0.333 e. The van der Waals surface area contributed by atoms with Crippen molar-refractivity contribution in [3.8, 4) is 0 Å². The second-order valence-electron chi connectivity index (χ2n) is 5.74. The van der Waals surface area contributed by atoms with Gasteiger partial charge in [-0.05, 0) is 16.7 Å². The van der Waals surface area contributed by atoms with E-state index < -0.39 is 0 Å². The van der Waals surface area contributed by atoms with Crippen molar-refractivity contribution in [1.29, 1.82) is 0 Å². The third kappa shape index (κ3) is 1.41. The molecule has 1 fully saturated rings. The molecule has 0 atom stereocenters. The van der Waals surface area contributed by atoms with Gasteiger partial charge in [-0.2, -0.15) is 0 Å². The molecule has 0 bridgehead atoms. The Hall–Kier alpha value is -0.830. The second-order valence-corrected chi connectivity index (χ2v) is 5.74. The normalized spacial score (nSPS) is 23.0. The molecule has 3 heteroatoms. The van der Waals surface area contributed by atoms with Crippen molar-refractivity contribution in [1.82, 2.24) is 9.55 Å². The predicted molar refractivity (Wildman–Crippen MR) is 61.2 cm³/mol. The molecule has 1 heterocycles. The van der Waals surface area contributed by atoms with Crippen LogP contribution in [0.15, 0.2) is 12.5 Å². The van der Waals surface area contributed by atoms with Gasteiger partial charge in [0, 0.05) is 19.3 Å². The third-order valence-electron chi connectivity index (χ3n) is 4.71. The zero-order valence-corrected chi connectivity index (χ0v) is 10.1. The molecule has 15 heavy (non-hydrogen) atoms. The van der Waals surface area contributed by atoms with Crippen LogP contribution in [0.1, 0.15) is 33.4 Å². The Morgan fingerprint density at radius 2 is 1.93 bits per heavy atom. The standard InChI is InChI=1S/C12H21N3/c1-11(2)10(12(11,3)4)7-15-8-14-6-9(15)5-13/h6,8,10H,5,7,13H2,1-4H3. The molecule has 0 spiro atoms. The fourth-order valence-electron chi connectivity index (χ4n) is 2.67. The lowest BCUT2D eigenvalue weighted by atomic mass is 10.0. The van der Waals surface area contributed by atoms with Gasteiger partial charge in [0.2, 0.25) is 0 Å². The number of nitrogens with zero attached hydrogens (tertiary/aromatic N) is 2. The maximum atomic E-state index is 5.67. The van der Waals surface area contributed by atoms with Crippen LogP contribution in [0.5, 0.6) is 0 Å². The minimum atomic E-state index is 0.434. The van der Waals surface area contributed by atoms with E-state index in [-0.39, 0.29) is 0 Å². The van der Waals surface area contributed by atoms with E-state index in [0.717, 1.165) is 18.2 Å². The molecule has 84 valence electrons. The van der Waals surface area contributed by atoms with E-state index in [0.29, 0.717) is 17.4 Å². The highest BCUT2D eigenvalue weighted by Crippen LogP contribution is 2.68. The molecule has 2 rings (SSSR count). The average molecular weight is 207 g/mol. The van der Waals surface area contributed by atoms with Gasteiger partial charge in [0.1, 0.15) is 0 Å². The minimum Gasteiger partial charge on any atom is -0.333 e. The molecule has 0 saturated heterocycles. The molecule has 1 aliphatic carbocycles. The molecule has 0 unspecified atom stereocenters. The molecule has 0 amide bonds. The van der Waals surface area contributed by atoms with Gasteiger partial charge < -0.3 is 10.3 Å². The lowest BCUT2D eigenvalue weighted by Crippen LogP contribution is -2.09. The molecule has 1 saturated carbocycles. The molecule has 2 N–H and O–H groups in total. The third-order valence-corrected chi connectivity index (χ3v) is 4.71. The fourth-order valence-corrected chi connectivity index (χ4v) is 2.67. The molecule has 1 aromatic heterocycles. The van der Waals surface area contributed by atoms with Gasteiger partial charge in [-0.15, -0.1) is 0 Å². The van der Waals surface area contributed by atoms with Crippen molar-refractivity contribution < 1.29 is 0 Å². The average Bonchev–Trinajstić information content (AvgIpc) is 2.59. The van der Waals surface area contributed by atoms with Crippen molar-refractivity contribution in [3.05, 3.63) is 18.2 Å². The van der Waals surface area contributed by atoms with Gasteiger partial charge in [-0.25, -0.2) is 4.98 Å². The monoisotopic (exact) mass is 207 g/mol. The van der Waals surface area contributed by atoms with Crippen LogP contribution in [0.3, 0.4) is 0 Å². The van der Waals surface area contributed by atoms with Crippen molar-refractivity contribution >= 4 is 0 Å². The summed E-state index contributed by atoms with van der Waals surface area (Å²) in [5, 5.41) is 0. The molecule has 0 aliphatic heterocycles. The first kappa shape index (κ1) is 10.7. The lowest BCUT2D eigenvalue weighted by molar-refractivity contribution is 0.457. The Kier molecular flexibility index (Phi) is 2.19. The summed E-state index contributed by atoms with van der Waals surface area (Å²) in [7, 11) is 0. The van der Waals surface area contributed by atoms with Crippen molar-refractivity contribution in [2.24, 2.45) is 22.5 Å². The number of aromatic nitrogens is 2. The highest BCUT2D eigenvalue weighted by molar-refractivity contribution is 5.13. The maximum Gasteiger partial charge on any atom is 0.0948 e. The highest BCUT2D eigenvalue weighted by Gasteiger charge is 2.64. The van der Waals surface area contributed by atoms with E-state index in [1.165, 1.54) is 0 Å². The summed E-state index contributed by atoms with van der Waals surface area (Å²) in [4.78, 5) is 4.15. The van der Waals surface area contributed by atoms with Crippen LogP contribution >= 0.6 is 0 Å². The van der Waals surface area contributed by atoms with Crippen molar-refractivity contribution in [2.45, 2.75) is 40.8 Å². The summed E-state index contributed by atoms with van der Waals surface area (Å²) in [6, 6.07) is 0. The van der Waals surface area contributed by atoms with Crippen LogP contribution in [0.25, 0.3) is 0 Å². The Labute approximate surface area is 91.7 Å². The molecular formula is C12H21N3. The Bertz CT molecular complexity index is 349. The van der Waals surface area contributed by atoms with E-state index in [2.05, 4.69) is 37.2 Å². The van der Waals surface area contributed by atoms with Crippen molar-refractivity contribution in [3.63, 3.8) is 0 Å². The number of hydrogen-bond donors (Lipinski definition) is 1. The molecular weight excluding hydrogens is 186 g/mol. The Balaban J connectivity index is 2.12. The molecule has 0 aromatic carbocycles. The first-order valence-electron chi connectivity index (χ1n) is 5.60. The van der Waals surface area contributed by atoms with Crippen LogP contribution in [0, 0.1) is 16.7 Å². The number of hydrogen-bond acceptors (Lipinski definition) is 2. The lowest BCUT2D eigenvalue weighted by Gasteiger charge is -2.07. The second kappa shape index (κ2) is 3.08. The zero-order valence-electron chi connectivity index (χ0n) is 10.1. The Morgan fingerprint density at radius 3 is 2.40 bits per heavy atom. The molecule has 1 aliphatic rings. The van der Waals surface area contributed by atoms with E-state index in [1.54, 1.807) is 0 Å². The van der Waals surface area contributed by atoms with Crippen LogP contribution in [-0.2, 0) is 13.1 Å². The van der Waals surface area contributed by atoms with E-state index in [9.17, 15) is 0 Å². The smallest absolute Gasteiger partial charge is 0.0948 e. The minimum absolute atomic E-state index is 0.434. The highest BCUT2D eigenvalue weighted by atomic mass is 15.1. The number of imidazole rings is 1. The van der Waals surface area contributed by atoms with Crippen LogP contribution in [-0.4, -0.2) is 9.55 Å². The fraction of sp³-hybridized carbons (Fsp3) is 0.750. The van der Waals surface area contributed by atoms with E-state index >= 15 is 0 Å². The maximum absolute atomic E-state index is 5.67. The van der Waals surface area contributed by atoms with Crippen molar-refractivity contribution in [2.75, 3.05) is 0 Å². The van der Waals surface area contributed by atoms with Gasteiger partial charge >= 0.3 is 0 Å². The quantitative estimate of drug-likeness (QED) is 0.824. The van der Waals surface area contributed by atoms with Gasteiger partial charge in [-0.3, -0.25) is 0 Å². The van der Waals surface area contributed by atoms with Crippen LogP contribution in [0.2, 0.25) is 0 Å². The first-order chi connectivity index (χ1) is 6.91. The SMILES string of the molecule is CC1(C)C(Cn2cncc2CN)C1(C)C. The summed E-state index contributed by atoms with van der Waals surface area (Å²) in [6.07, 6.45) is 3.76. The molecule has 1 aromatic rings. The summed E-state index contributed by atoms with van der Waals surface area (Å²) in [5.74, 6) is 0.726. The number of nitrogens with two attached hydrogens (primary N) is 1. The summed E-state index contributed by atoms with van der Waals surface area (Å²) >= 11 is 0. The Morgan fingerprint density at radius 1 is 1.33 bits per heavy atom. The topological polar surface area (TPSA) is 43.8 Å². The van der Waals surface area contributed by atoms with E-state index in [1.807, 2.05) is 12.5 Å². The first-order valence-corrected chi connectivity index (χ1v) is 5.60. The molecule has 3 nitrogen and oxygen atoms in total. The van der Waals surface area contributed by atoms with E-state index in [4.69, 9.17) is 5.73 Å². The van der Waals surface area contributed by atoms with Gasteiger partial charge in [0.25, 0.3) is 0 Å². The predicted octanol–water partition coefficient (Wildman–Crippen LogP) is 2.02. The molecule has 0 radical (unpaired) electrons. The summed E-state index contributed by atoms with van der Waals surface area (Å²) in [5.41, 5.74) is 7.67. The van der Waals surface area contributed by atoms with Gasteiger partial charge in [-0.1, -0.05) is 27.7 Å². The van der Waals surface area contributed by atoms with Crippen LogP contribution < -0.4 is 5.73 Å². The van der Waals surface area contributed by atoms with Gasteiger partial charge in [0.15, 0.2) is 0 Å². The number of rotatable bonds is 3.